The lowest BCUT2D eigenvalue weighted by Gasteiger charge is -2.46. The summed E-state index contributed by atoms with van der Waals surface area (Å²) in [5, 5.41) is 0. The fourth-order valence-corrected chi connectivity index (χ4v) is 4.74. The SMILES string of the molecule is Cc1cc2c3c4c1C(C)(C)CCN4CCN3CC2(C)C. The highest BCUT2D eigenvalue weighted by atomic mass is 15.3. The molecule has 0 N–H and O–H groups in total. The van der Waals surface area contributed by atoms with E-state index in [9.17, 15) is 0 Å². The van der Waals surface area contributed by atoms with E-state index in [2.05, 4.69) is 50.5 Å². The molecule has 0 aromatic heterocycles. The molecule has 3 aliphatic heterocycles. The standard InChI is InChI=1S/C18H26N2/c1-12-10-13-15-16-14(12)17(2,3)6-7-19(16)8-9-20(15)11-18(13,4)5/h10H,6-9,11H2,1-5H3. The molecule has 0 bridgehead atoms. The molecule has 0 spiro atoms. The number of nitrogens with zero attached hydrogens (tertiary/aromatic N) is 2. The highest BCUT2D eigenvalue weighted by molar-refractivity contribution is 5.86. The van der Waals surface area contributed by atoms with Gasteiger partial charge in [-0.05, 0) is 35.4 Å². The lowest BCUT2D eigenvalue weighted by atomic mass is 9.73. The van der Waals surface area contributed by atoms with Crippen LogP contribution in [0.2, 0.25) is 0 Å². The molecule has 3 heterocycles. The maximum absolute atomic E-state index is 2.66. The first kappa shape index (κ1) is 12.6. The fraction of sp³-hybridized carbons (Fsp3) is 0.667. The van der Waals surface area contributed by atoms with Crippen LogP contribution in [0.25, 0.3) is 0 Å². The van der Waals surface area contributed by atoms with Crippen LogP contribution in [0.15, 0.2) is 6.07 Å². The van der Waals surface area contributed by atoms with Gasteiger partial charge in [-0.15, -0.1) is 0 Å². The Morgan fingerprint density at radius 2 is 1.60 bits per heavy atom. The minimum absolute atomic E-state index is 0.298. The van der Waals surface area contributed by atoms with Gasteiger partial charge in [0.05, 0.1) is 11.4 Å². The second-order valence-electron chi connectivity index (χ2n) is 8.24. The van der Waals surface area contributed by atoms with Gasteiger partial charge in [-0.2, -0.15) is 0 Å². The van der Waals surface area contributed by atoms with Crippen molar-refractivity contribution in [3.8, 4) is 0 Å². The van der Waals surface area contributed by atoms with Crippen LogP contribution < -0.4 is 9.80 Å². The number of benzene rings is 1. The average Bonchev–Trinajstić information content (AvgIpc) is 2.60. The van der Waals surface area contributed by atoms with Crippen LogP contribution in [-0.2, 0) is 10.8 Å². The Bertz CT molecular complexity index is 598. The average molecular weight is 270 g/mol. The Morgan fingerprint density at radius 1 is 0.900 bits per heavy atom. The van der Waals surface area contributed by atoms with E-state index < -0.39 is 0 Å². The zero-order valence-corrected chi connectivity index (χ0v) is 13.5. The molecule has 108 valence electrons. The predicted octanol–water partition coefficient (Wildman–Crippen LogP) is 3.59. The summed E-state index contributed by atoms with van der Waals surface area (Å²) in [4.78, 5) is 5.30. The molecule has 0 aliphatic carbocycles. The highest BCUT2D eigenvalue weighted by Gasteiger charge is 2.45. The summed E-state index contributed by atoms with van der Waals surface area (Å²) in [6.07, 6.45) is 1.28. The quantitative estimate of drug-likeness (QED) is 0.711. The first-order valence-corrected chi connectivity index (χ1v) is 8.00. The molecule has 0 saturated carbocycles. The van der Waals surface area contributed by atoms with Crippen LogP contribution in [0.5, 0.6) is 0 Å². The second kappa shape index (κ2) is 3.52. The van der Waals surface area contributed by atoms with Gasteiger partial charge in [0.25, 0.3) is 0 Å². The van der Waals surface area contributed by atoms with Crippen molar-refractivity contribution >= 4 is 11.4 Å². The Kier molecular flexibility index (Phi) is 2.21. The van der Waals surface area contributed by atoms with Crippen LogP contribution in [-0.4, -0.2) is 26.2 Å². The van der Waals surface area contributed by atoms with E-state index >= 15 is 0 Å². The van der Waals surface area contributed by atoms with Gasteiger partial charge >= 0.3 is 0 Å². The van der Waals surface area contributed by atoms with Gasteiger partial charge < -0.3 is 9.80 Å². The van der Waals surface area contributed by atoms with E-state index in [0.29, 0.717) is 10.8 Å². The lowest BCUT2D eigenvalue weighted by Crippen LogP contribution is -2.46. The molecule has 1 aromatic carbocycles. The largest absolute Gasteiger partial charge is 0.368 e. The summed E-state index contributed by atoms with van der Waals surface area (Å²) in [6.45, 7) is 16.8. The second-order valence-corrected chi connectivity index (χ2v) is 8.24. The van der Waals surface area contributed by atoms with E-state index in [1.54, 1.807) is 22.5 Å². The molecular formula is C18H26N2. The Morgan fingerprint density at radius 3 is 2.35 bits per heavy atom. The van der Waals surface area contributed by atoms with Crippen molar-refractivity contribution < 1.29 is 0 Å². The first-order valence-electron chi connectivity index (χ1n) is 8.00. The molecule has 0 saturated heterocycles. The predicted molar refractivity (Wildman–Crippen MR) is 86.3 cm³/mol. The van der Waals surface area contributed by atoms with Crippen molar-refractivity contribution in [3.05, 3.63) is 22.8 Å². The van der Waals surface area contributed by atoms with Gasteiger partial charge in [-0.3, -0.25) is 0 Å². The zero-order valence-electron chi connectivity index (χ0n) is 13.5. The Labute approximate surface area is 122 Å². The fourth-order valence-electron chi connectivity index (χ4n) is 4.74. The summed E-state index contributed by atoms with van der Waals surface area (Å²) < 4.78 is 0. The molecule has 0 unspecified atom stereocenters. The smallest absolute Gasteiger partial charge is 0.0648 e. The minimum atomic E-state index is 0.298. The van der Waals surface area contributed by atoms with Gasteiger partial charge in [-0.25, -0.2) is 0 Å². The molecule has 0 radical (unpaired) electrons. The van der Waals surface area contributed by atoms with E-state index in [-0.39, 0.29) is 0 Å². The number of hydrogen-bond donors (Lipinski definition) is 0. The summed E-state index contributed by atoms with van der Waals surface area (Å²) in [5.41, 5.74) is 8.46. The van der Waals surface area contributed by atoms with Gasteiger partial charge in [0, 0.05) is 31.6 Å². The van der Waals surface area contributed by atoms with E-state index in [4.69, 9.17) is 0 Å². The Balaban J connectivity index is 2.08. The first-order chi connectivity index (χ1) is 9.31. The van der Waals surface area contributed by atoms with E-state index in [0.717, 1.165) is 0 Å². The van der Waals surface area contributed by atoms with Crippen molar-refractivity contribution in [2.45, 2.75) is 51.9 Å². The number of rotatable bonds is 0. The van der Waals surface area contributed by atoms with Gasteiger partial charge in [0.2, 0.25) is 0 Å². The third-order valence-electron chi connectivity index (χ3n) is 5.74. The molecule has 1 aromatic rings. The summed E-state index contributed by atoms with van der Waals surface area (Å²) in [5.74, 6) is 0. The molecule has 0 atom stereocenters. The van der Waals surface area contributed by atoms with Gasteiger partial charge in [0.1, 0.15) is 0 Å². The third kappa shape index (κ3) is 1.40. The van der Waals surface area contributed by atoms with E-state index in [1.807, 2.05) is 0 Å². The molecule has 3 aliphatic rings. The maximum Gasteiger partial charge on any atom is 0.0648 e. The molecule has 2 nitrogen and oxygen atoms in total. The number of hydrogen-bond acceptors (Lipinski definition) is 2. The summed E-state index contributed by atoms with van der Waals surface area (Å²) in [6, 6.07) is 2.49. The normalized spacial score (nSPS) is 24.9. The van der Waals surface area contributed by atoms with Crippen LogP contribution in [0.3, 0.4) is 0 Å². The van der Waals surface area contributed by atoms with Gasteiger partial charge in [0.15, 0.2) is 0 Å². The highest BCUT2D eigenvalue weighted by Crippen LogP contribution is 2.54. The van der Waals surface area contributed by atoms with Crippen molar-refractivity contribution in [2.24, 2.45) is 0 Å². The van der Waals surface area contributed by atoms with Crippen molar-refractivity contribution in [3.63, 3.8) is 0 Å². The molecule has 2 heteroatoms. The van der Waals surface area contributed by atoms with Crippen molar-refractivity contribution in [1.82, 2.24) is 0 Å². The topological polar surface area (TPSA) is 6.48 Å². The zero-order chi connectivity index (χ0) is 14.3. The lowest BCUT2D eigenvalue weighted by molar-refractivity contribution is 0.447. The maximum atomic E-state index is 2.66. The third-order valence-corrected chi connectivity index (χ3v) is 5.74. The monoisotopic (exact) mass is 270 g/mol. The Hall–Kier alpha value is -1.18. The van der Waals surface area contributed by atoms with Crippen molar-refractivity contribution in [2.75, 3.05) is 36.0 Å². The molecule has 0 amide bonds. The number of aryl methyl sites for hydroxylation is 1. The molecular weight excluding hydrogens is 244 g/mol. The summed E-state index contributed by atoms with van der Waals surface area (Å²) in [7, 11) is 0. The van der Waals surface area contributed by atoms with Crippen LogP contribution >= 0.6 is 0 Å². The molecule has 0 fully saturated rings. The molecule has 20 heavy (non-hydrogen) atoms. The minimum Gasteiger partial charge on any atom is -0.368 e. The van der Waals surface area contributed by atoms with Crippen LogP contribution in [0.4, 0.5) is 11.4 Å². The van der Waals surface area contributed by atoms with Crippen LogP contribution in [0.1, 0.15) is 50.8 Å². The van der Waals surface area contributed by atoms with Crippen LogP contribution in [0, 0.1) is 6.92 Å². The van der Waals surface area contributed by atoms with E-state index in [1.165, 1.54) is 38.2 Å². The number of anilines is 2. The van der Waals surface area contributed by atoms with Crippen molar-refractivity contribution in [1.29, 1.82) is 0 Å². The summed E-state index contributed by atoms with van der Waals surface area (Å²) >= 11 is 0. The van der Waals surface area contributed by atoms with Gasteiger partial charge in [-0.1, -0.05) is 33.8 Å². The molecule has 4 rings (SSSR count).